The molecule has 0 aliphatic carbocycles. The minimum atomic E-state index is -0.360. The summed E-state index contributed by atoms with van der Waals surface area (Å²) < 4.78 is 5.48. The van der Waals surface area contributed by atoms with E-state index in [1.54, 1.807) is 0 Å². The maximum Gasteiger partial charge on any atom is 0.220 e. The van der Waals surface area contributed by atoms with E-state index in [0.29, 0.717) is 12.3 Å². The molecule has 82 valence electrons. The molecule has 0 unspecified atom stereocenters. The number of hydrogen-bond acceptors (Lipinski definition) is 3. The summed E-state index contributed by atoms with van der Waals surface area (Å²) in [5, 5.41) is 0. The fraction of sp³-hybridized carbons (Fsp3) is 0.364. The molecule has 0 radical (unpaired) electrons. The Morgan fingerprint density at radius 1 is 1.33 bits per heavy atom. The van der Waals surface area contributed by atoms with Crippen LogP contribution in [0.2, 0.25) is 0 Å². The topological polar surface area (TPSA) is 78.3 Å². The van der Waals surface area contributed by atoms with E-state index in [1.807, 2.05) is 26.0 Å². The zero-order valence-electron chi connectivity index (χ0n) is 9.04. The molecule has 1 amide bonds. The number of aryl methyl sites for hydroxylation is 2. The standard InChI is InChI=1S/C11H16N2O2/c1-7-5-9(12)6-8(2)11(7)15-4-3-10(13)14/h5-6H,3-4,12H2,1-2H3,(H2,13,14). The first-order valence-electron chi connectivity index (χ1n) is 4.78. The molecule has 0 heterocycles. The van der Waals surface area contributed by atoms with Crippen LogP contribution in [-0.2, 0) is 4.79 Å². The molecule has 0 spiro atoms. The Morgan fingerprint density at radius 3 is 2.33 bits per heavy atom. The SMILES string of the molecule is Cc1cc(N)cc(C)c1OCCC(N)=O. The molecule has 4 nitrogen and oxygen atoms in total. The number of carbonyl (C=O) groups excluding carboxylic acids is 1. The minimum Gasteiger partial charge on any atom is -0.493 e. The van der Waals surface area contributed by atoms with Crippen molar-refractivity contribution in [1.29, 1.82) is 0 Å². The van der Waals surface area contributed by atoms with Crippen molar-refractivity contribution in [3.8, 4) is 5.75 Å². The number of rotatable bonds is 4. The molecule has 0 saturated heterocycles. The molecular formula is C11H16N2O2. The molecule has 0 aliphatic heterocycles. The first-order valence-corrected chi connectivity index (χ1v) is 4.78. The van der Waals surface area contributed by atoms with Gasteiger partial charge in [0.15, 0.2) is 0 Å². The highest BCUT2D eigenvalue weighted by Gasteiger charge is 2.05. The van der Waals surface area contributed by atoms with Gasteiger partial charge in [-0.25, -0.2) is 0 Å². The van der Waals surface area contributed by atoms with Crippen molar-refractivity contribution >= 4 is 11.6 Å². The number of hydrogen-bond donors (Lipinski definition) is 2. The Hall–Kier alpha value is -1.71. The highest BCUT2D eigenvalue weighted by atomic mass is 16.5. The van der Waals surface area contributed by atoms with Gasteiger partial charge in [-0.2, -0.15) is 0 Å². The molecule has 1 rings (SSSR count). The summed E-state index contributed by atoms with van der Waals surface area (Å²) in [6.07, 6.45) is 0.225. The normalized spacial score (nSPS) is 10.0. The van der Waals surface area contributed by atoms with Gasteiger partial charge in [-0.1, -0.05) is 0 Å². The number of anilines is 1. The molecule has 1 aromatic carbocycles. The van der Waals surface area contributed by atoms with Crippen LogP contribution in [0.25, 0.3) is 0 Å². The van der Waals surface area contributed by atoms with Crippen molar-refractivity contribution in [2.75, 3.05) is 12.3 Å². The van der Waals surface area contributed by atoms with Gasteiger partial charge >= 0.3 is 0 Å². The first kappa shape index (κ1) is 11.4. The third-order valence-corrected chi connectivity index (χ3v) is 2.08. The average Bonchev–Trinajstić information content (AvgIpc) is 2.08. The highest BCUT2D eigenvalue weighted by molar-refractivity contribution is 5.73. The summed E-state index contributed by atoms with van der Waals surface area (Å²) in [6.45, 7) is 4.15. The van der Waals surface area contributed by atoms with E-state index in [2.05, 4.69) is 0 Å². The van der Waals surface area contributed by atoms with E-state index in [1.165, 1.54) is 0 Å². The zero-order valence-corrected chi connectivity index (χ0v) is 9.04. The van der Waals surface area contributed by atoms with Crippen LogP contribution in [0.4, 0.5) is 5.69 Å². The molecule has 1 aromatic rings. The number of amides is 1. The van der Waals surface area contributed by atoms with Gasteiger partial charge in [-0.15, -0.1) is 0 Å². The predicted octanol–water partition coefficient (Wildman–Crippen LogP) is 1.14. The Morgan fingerprint density at radius 2 is 1.87 bits per heavy atom. The quantitative estimate of drug-likeness (QED) is 0.728. The van der Waals surface area contributed by atoms with E-state index in [9.17, 15) is 4.79 Å². The van der Waals surface area contributed by atoms with Crippen molar-refractivity contribution in [3.63, 3.8) is 0 Å². The van der Waals surface area contributed by atoms with Crippen molar-refractivity contribution < 1.29 is 9.53 Å². The van der Waals surface area contributed by atoms with Gasteiger partial charge in [0.2, 0.25) is 5.91 Å². The molecule has 0 fully saturated rings. The van der Waals surface area contributed by atoms with Gasteiger partial charge in [-0.05, 0) is 37.1 Å². The lowest BCUT2D eigenvalue weighted by atomic mass is 10.1. The third-order valence-electron chi connectivity index (χ3n) is 2.08. The zero-order chi connectivity index (χ0) is 11.4. The summed E-state index contributed by atoms with van der Waals surface area (Å²) >= 11 is 0. The van der Waals surface area contributed by atoms with Crippen LogP contribution >= 0.6 is 0 Å². The molecule has 15 heavy (non-hydrogen) atoms. The van der Waals surface area contributed by atoms with E-state index >= 15 is 0 Å². The maximum absolute atomic E-state index is 10.5. The van der Waals surface area contributed by atoms with Crippen molar-refractivity contribution in [3.05, 3.63) is 23.3 Å². The summed E-state index contributed by atoms with van der Waals surface area (Å²) in [5.74, 6) is 0.422. The first-order chi connectivity index (χ1) is 7.00. The van der Waals surface area contributed by atoms with Crippen LogP contribution in [-0.4, -0.2) is 12.5 Å². The smallest absolute Gasteiger partial charge is 0.220 e. The molecule has 4 heteroatoms. The molecule has 0 aromatic heterocycles. The average molecular weight is 208 g/mol. The summed E-state index contributed by atoms with van der Waals surface area (Å²) in [7, 11) is 0. The number of ether oxygens (including phenoxy) is 1. The molecular weight excluding hydrogens is 192 g/mol. The van der Waals surface area contributed by atoms with Gasteiger partial charge in [0.25, 0.3) is 0 Å². The Bertz CT molecular complexity index is 352. The Labute approximate surface area is 89.2 Å². The minimum absolute atomic E-state index is 0.225. The van der Waals surface area contributed by atoms with Gasteiger partial charge in [0.05, 0.1) is 13.0 Å². The van der Waals surface area contributed by atoms with E-state index in [4.69, 9.17) is 16.2 Å². The van der Waals surface area contributed by atoms with Crippen molar-refractivity contribution in [2.24, 2.45) is 5.73 Å². The van der Waals surface area contributed by atoms with Gasteiger partial charge in [0.1, 0.15) is 5.75 Å². The Kier molecular flexibility index (Phi) is 3.55. The van der Waals surface area contributed by atoms with Crippen LogP contribution in [0.15, 0.2) is 12.1 Å². The van der Waals surface area contributed by atoms with E-state index < -0.39 is 0 Å². The molecule has 0 aliphatic rings. The lowest BCUT2D eigenvalue weighted by Gasteiger charge is -2.12. The predicted molar refractivity (Wildman–Crippen MR) is 59.6 cm³/mol. The largest absolute Gasteiger partial charge is 0.493 e. The highest BCUT2D eigenvalue weighted by Crippen LogP contribution is 2.25. The second-order valence-corrected chi connectivity index (χ2v) is 3.55. The second-order valence-electron chi connectivity index (χ2n) is 3.55. The number of primary amides is 1. The lowest BCUT2D eigenvalue weighted by Crippen LogP contribution is -2.15. The summed E-state index contributed by atoms with van der Waals surface area (Å²) in [4.78, 5) is 10.5. The van der Waals surface area contributed by atoms with Crippen LogP contribution < -0.4 is 16.2 Å². The van der Waals surface area contributed by atoms with Crippen LogP contribution in [0.3, 0.4) is 0 Å². The van der Waals surface area contributed by atoms with Gasteiger partial charge in [0, 0.05) is 5.69 Å². The Balaban J connectivity index is 2.72. The molecule has 4 N–H and O–H groups in total. The molecule has 0 saturated carbocycles. The monoisotopic (exact) mass is 208 g/mol. The molecule has 0 bridgehead atoms. The van der Waals surface area contributed by atoms with E-state index in [0.717, 1.165) is 16.9 Å². The second kappa shape index (κ2) is 4.68. The van der Waals surface area contributed by atoms with Gasteiger partial charge in [-0.3, -0.25) is 4.79 Å². The van der Waals surface area contributed by atoms with Crippen molar-refractivity contribution in [2.45, 2.75) is 20.3 Å². The van der Waals surface area contributed by atoms with Crippen LogP contribution in [0.5, 0.6) is 5.75 Å². The van der Waals surface area contributed by atoms with Crippen molar-refractivity contribution in [1.82, 2.24) is 0 Å². The van der Waals surface area contributed by atoms with Crippen LogP contribution in [0, 0.1) is 13.8 Å². The van der Waals surface area contributed by atoms with Crippen LogP contribution in [0.1, 0.15) is 17.5 Å². The number of nitrogens with two attached hydrogens (primary N) is 2. The fourth-order valence-electron chi connectivity index (χ4n) is 1.47. The summed E-state index contributed by atoms with van der Waals surface area (Å²) in [6, 6.07) is 3.68. The third kappa shape index (κ3) is 3.16. The maximum atomic E-state index is 10.5. The van der Waals surface area contributed by atoms with Gasteiger partial charge < -0.3 is 16.2 Å². The molecule has 0 atom stereocenters. The number of nitrogen functional groups attached to an aromatic ring is 1. The lowest BCUT2D eigenvalue weighted by molar-refractivity contribution is -0.118. The summed E-state index contributed by atoms with van der Waals surface area (Å²) in [5.41, 5.74) is 13.3. The van der Waals surface area contributed by atoms with E-state index in [-0.39, 0.29) is 12.3 Å². The fourth-order valence-corrected chi connectivity index (χ4v) is 1.47. The number of carbonyl (C=O) groups is 1. The number of benzene rings is 1.